The van der Waals surface area contributed by atoms with E-state index >= 15 is 0 Å². The minimum absolute atomic E-state index is 0.0215. The molecule has 0 aliphatic carbocycles. The molecule has 0 aliphatic rings. The third-order valence-corrected chi connectivity index (χ3v) is 3.78. The van der Waals surface area contributed by atoms with Crippen LogP contribution in [0.5, 0.6) is 17.4 Å². The predicted molar refractivity (Wildman–Crippen MR) is 91.4 cm³/mol. The Kier molecular flexibility index (Phi) is 5.10. The van der Waals surface area contributed by atoms with Crippen LogP contribution in [0.2, 0.25) is 10.0 Å². The standard InChI is InChI=1S/C15H8Cl2F2N4O4/c16-8-3-6(23-15(26)21-14(25)11(22-23)13(18)19)4-9(17)12(8)27-10-2-1-7(24)5-20-10/h1-5,13,24H,(H,21,25,26). The normalized spacial score (nSPS) is 11.0. The molecule has 0 bridgehead atoms. The number of hydrogen-bond donors (Lipinski definition) is 2. The Morgan fingerprint density at radius 1 is 1.19 bits per heavy atom. The Balaban J connectivity index is 2.05. The van der Waals surface area contributed by atoms with Crippen LogP contribution in [0.3, 0.4) is 0 Å². The molecule has 0 radical (unpaired) electrons. The van der Waals surface area contributed by atoms with Crippen molar-refractivity contribution in [2.24, 2.45) is 0 Å². The summed E-state index contributed by atoms with van der Waals surface area (Å²) in [5, 5.41) is 12.4. The second-order valence-electron chi connectivity index (χ2n) is 5.05. The number of halogens is 4. The van der Waals surface area contributed by atoms with E-state index < -0.39 is 23.4 Å². The molecule has 0 aliphatic heterocycles. The van der Waals surface area contributed by atoms with Crippen LogP contribution in [-0.2, 0) is 0 Å². The van der Waals surface area contributed by atoms with Crippen LogP contribution in [0.25, 0.3) is 5.69 Å². The first-order chi connectivity index (χ1) is 12.8. The number of aromatic nitrogens is 4. The number of aromatic amines is 1. The highest BCUT2D eigenvalue weighted by atomic mass is 35.5. The summed E-state index contributed by atoms with van der Waals surface area (Å²) in [6, 6.07) is 5.06. The summed E-state index contributed by atoms with van der Waals surface area (Å²) >= 11 is 12.2. The van der Waals surface area contributed by atoms with Crippen LogP contribution in [-0.4, -0.2) is 24.9 Å². The fourth-order valence-electron chi connectivity index (χ4n) is 2.03. The zero-order valence-electron chi connectivity index (χ0n) is 13.0. The summed E-state index contributed by atoms with van der Waals surface area (Å²) in [4.78, 5) is 28.8. The summed E-state index contributed by atoms with van der Waals surface area (Å²) in [6.45, 7) is 0. The van der Waals surface area contributed by atoms with Crippen LogP contribution >= 0.6 is 23.2 Å². The third kappa shape index (κ3) is 3.91. The van der Waals surface area contributed by atoms with E-state index in [9.17, 15) is 23.5 Å². The second kappa shape index (κ2) is 7.33. The minimum Gasteiger partial charge on any atom is -0.506 e. The van der Waals surface area contributed by atoms with Crippen molar-refractivity contribution in [1.29, 1.82) is 0 Å². The number of hydrogen-bond acceptors (Lipinski definition) is 6. The highest BCUT2D eigenvalue weighted by Gasteiger charge is 2.19. The van der Waals surface area contributed by atoms with E-state index in [0.717, 1.165) is 6.20 Å². The molecule has 3 aromatic rings. The van der Waals surface area contributed by atoms with Gasteiger partial charge in [-0.15, -0.1) is 0 Å². The minimum atomic E-state index is -3.19. The number of alkyl halides is 2. The van der Waals surface area contributed by atoms with Gasteiger partial charge in [0.05, 0.1) is 21.9 Å². The smallest absolute Gasteiger partial charge is 0.349 e. The number of aromatic hydroxyl groups is 1. The Morgan fingerprint density at radius 3 is 2.41 bits per heavy atom. The predicted octanol–water partition coefficient (Wildman–Crippen LogP) is 3.06. The molecule has 2 N–H and O–H groups in total. The van der Waals surface area contributed by atoms with Crippen LogP contribution in [0.4, 0.5) is 8.78 Å². The number of ether oxygens (including phenoxy) is 1. The molecule has 12 heteroatoms. The highest BCUT2D eigenvalue weighted by Crippen LogP contribution is 2.37. The summed E-state index contributed by atoms with van der Waals surface area (Å²) in [5.41, 5.74) is -3.54. The summed E-state index contributed by atoms with van der Waals surface area (Å²) < 4.78 is 31.7. The maximum absolute atomic E-state index is 12.9. The number of nitrogens with zero attached hydrogens (tertiary/aromatic N) is 3. The molecule has 0 saturated carbocycles. The number of rotatable bonds is 4. The highest BCUT2D eigenvalue weighted by molar-refractivity contribution is 6.37. The number of pyridine rings is 1. The molecule has 0 fully saturated rings. The van der Waals surface area contributed by atoms with Crippen molar-refractivity contribution in [3.8, 4) is 23.1 Å². The van der Waals surface area contributed by atoms with E-state index in [1.54, 1.807) is 4.98 Å². The maximum Gasteiger partial charge on any atom is 0.349 e. The fraction of sp³-hybridized carbons (Fsp3) is 0.0667. The fourth-order valence-corrected chi connectivity index (χ4v) is 2.59. The Morgan fingerprint density at radius 2 is 1.85 bits per heavy atom. The quantitative estimate of drug-likeness (QED) is 0.676. The van der Waals surface area contributed by atoms with Crippen molar-refractivity contribution < 1.29 is 18.6 Å². The van der Waals surface area contributed by atoms with Crippen molar-refractivity contribution in [3.63, 3.8) is 0 Å². The lowest BCUT2D eigenvalue weighted by atomic mass is 10.3. The molecule has 27 heavy (non-hydrogen) atoms. The van der Waals surface area contributed by atoms with Crippen molar-refractivity contribution in [2.75, 3.05) is 0 Å². The molecule has 1 aromatic carbocycles. The van der Waals surface area contributed by atoms with Gasteiger partial charge >= 0.3 is 5.69 Å². The van der Waals surface area contributed by atoms with Gasteiger partial charge in [0.15, 0.2) is 11.4 Å². The van der Waals surface area contributed by atoms with Gasteiger partial charge in [0.2, 0.25) is 5.88 Å². The molecule has 140 valence electrons. The lowest BCUT2D eigenvalue weighted by Crippen LogP contribution is -2.34. The van der Waals surface area contributed by atoms with Gasteiger partial charge in [-0.25, -0.2) is 18.6 Å². The molecule has 8 nitrogen and oxygen atoms in total. The lowest BCUT2D eigenvalue weighted by Gasteiger charge is -2.12. The molecule has 2 heterocycles. The lowest BCUT2D eigenvalue weighted by molar-refractivity contribution is 0.141. The van der Waals surface area contributed by atoms with Crippen LogP contribution in [0, 0.1) is 0 Å². The average molecular weight is 417 g/mol. The van der Waals surface area contributed by atoms with Crippen molar-refractivity contribution in [3.05, 3.63) is 67.0 Å². The summed E-state index contributed by atoms with van der Waals surface area (Å²) in [5.74, 6) is -0.0243. The Hall–Kier alpha value is -2.98. The van der Waals surface area contributed by atoms with Crippen molar-refractivity contribution >= 4 is 23.2 Å². The van der Waals surface area contributed by atoms with E-state index in [2.05, 4.69) is 10.1 Å². The van der Waals surface area contributed by atoms with E-state index in [-0.39, 0.29) is 33.1 Å². The van der Waals surface area contributed by atoms with Crippen LogP contribution in [0.1, 0.15) is 12.1 Å². The first-order valence-corrected chi connectivity index (χ1v) is 7.86. The largest absolute Gasteiger partial charge is 0.506 e. The molecule has 2 aromatic heterocycles. The van der Waals surface area contributed by atoms with Gasteiger partial charge < -0.3 is 9.84 Å². The zero-order valence-corrected chi connectivity index (χ0v) is 14.5. The van der Waals surface area contributed by atoms with Gasteiger partial charge in [0, 0.05) is 6.07 Å². The maximum atomic E-state index is 12.9. The van der Waals surface area contributed by atoms with Gasteiger partial charge in [-0.3, -0.25) is 9.78 Å². The summed E-state index contributed by atoms with van der Waals surface area (Å²) in [6.07, 6.45) is -2.05. The molecule has 0 unspecified atom stereocenters. The van der Waals surface area contributed by atoms with E-state index in [4.69, 9.17) is 27.9 Å². The van der Waals surface area contributed by atoms with E-state index in [1.807, 2.05) is 0 Å². The molecule has 0 amide bonds. The first kappa shape index (κ1) is 18.8. The van der Waals surface area contributed by atoms with Gasteiger partial charge in [0.25, 0.3) is 12.0 Å². The Bertz CT molecular complexity index is 1090. The first-order valence-electron chi connectivity index (χ1n) is 7.10. The van der Waals surface area contributed by atoms with Gasteiger partial charge in [0.1, 0.15) is 5.75 Å². The number of benzene rings is 1. The Labute approximate surface area is 158 Å². The second-order valence-corrected chi connectivity index (χ2v) is 5.87. The molecule has 0 atom stereocenters. The number of nitrogens with one attached hydrogen (secondary N) is 1. The topological polar surface area (TPSA) is 110 Å². The van der Waals surface area contributed by atoms with Crippen molar-refractivity contribution in [1.82, 2.24) is 19.7 Å². The third-order valence-electron chi connectivity index (χ3n) is 3.21. The van der Waals surface area contributed by atoms with Gasteiger partial charge in [-0.05, 0) is 18.2 Å². The summed E-state index contributed by atoms with van der Waals surface area (Å²) in [7, 11) is 0. The molecule has 0 saturated heterocycles. The SMILES string of the molecule is O=c1[nH]c(=O)n(-c2cc(Cl)c(Oc3ccc(O)cn3)c(Cl)c2)nc1C(F)F. The molecular weight excluding hydrogens is 409 g/mol. The monoisotopic (exact) mass is 416 g/mol. The van der Waals surface area contributed by atoms with Crippen LogP contribution in [0.15, 0.2) is 40.1 Å². The molecular formula is C15H8Cl2F2N4O4. The average Bonchev–Trinajstić information content (AvgIpc) is 2.59. The van der Waals surface area contributed by atoms with E-state index in [0.29, 0.717) is 4.68 Å². The van der Waals surface area contributed by atoms with Gasteiger partial charge in [-0.1, -0.05) is 23.2 Å². The molecule has 3 rings (SSSR count). The number of H-pyrrole nitrogens is 1. The zero-order chi connectivity index (χ0) is 19.7. The molecule has 0 spiro atoms. The van der Waals surface area contributed by atoms with E-state index in [1.165, 1.54) is 24.3 Å². The van der Waals surface area contributed by atoms with Gasteiger partial charge in [-0.2, -0.15) is 9.78 Å². The van der Waals surface area contributed by atoms with Crippen LogP contribution < -0.4 is 16.0 Å². The van der Waals surface area contributed by atoms with Crippen molar-refractivity contribution in [2.45, 2.75) is 6.43 Å².